The molecule has 2 aromatic heterocycles. The first-order valence-corrected chi connectivity index (χ1v) is 9.92. The molecular weight excluding hydrogens is 368 g/mol. The summed E-state index contributed by atoms with van der Waals surface area (Å²) in [5, 5.41) is 35.2. The maximum absolute atomic E-state index is 10.5. The van der Waals surface area contributed by atoms with Crippen molar-refractivity contribution in [2.45, 2.75) is 51.4 Å². The second-order valence-electron chi connectivity index (χ2n) is 8.09. The smallest absolute Gasteiger partial charge is 0.291 e. The van der Waals surface area contributed by atoms with Gasteiger partial charge in [0.15, 0.2) is 18.5 Å². The van der Waals surface area contributed by atoms with Crippen molar-refractivity contribution in [3.05, 3.63) is 53.9 Å². The molecule has 2 aromatic carbocycles. The molecule has 5 rings (SSSR count). The molecule has 4 aromatic rings. The Labute approximate surface area is 168 Å². The quantitative estimate of drug-likeness (QED) is 0.374. The van der Waals surface area contributed by atoms with Crippen LogP contribution in [0.15, 0.2) is 42.7 Å². The number of benzene rings is 2. The van der Waals surface area contributed by atoms with Gasteiger partial charge in [-0.1, -0.05) is 18.2 Å². The molecule has 0 amide bonds. The summed E-state index contributed by atoms with van der Waals surface area (Å²) < 4.78 is 7.61. The molecule has 150 valence electrons. The lowest BCUT2D eigenvalue weighted by Crippen LogP contribution is -2.61. The Kier molecular flexibility index (Phi) is 4.15. The van der Waals surface area contributed by atoms with Gasteiger partial charge in [0.25, 0.3) is 6.23 Å². The molecule has 1 aliphatic heterocycles. The zero-order valence-corrected chi connectivity index (χ0v) is 16.6. The van der Waals surface area contributed by atoms with Crippen LogP contribution >= 0.6 is 0 Å². The van der Waals surface area contributed by atoms with Gasteiger partial charge in [-0.05, 0) is 43.4 Å². The SMILES string of the molecule is Cc1c2cc[n+](C3O[C@@H](C)[C@H](O)[C@@H](O)[C@H]3O)cc2c(C)c2c1[nH]c1ccccc12. The van der Waals surface area contributed by atoms with Crippen LogP contribution in [0.5, 0.6) is 0 Å². The number of aliphatic hydroxyl groups excluding tert-OH is 3. The van der Waals surface area contributed by atoms with E-state index in [0.29, 0.717) is 0 Å². The first-order valence-electron chi connectivity index (χ1n) is 9.92. The van der Waals surface area contributed by atoms with Gasteiger partial charge in [0.05, 0.1) is 11.6 Å². The van der Waals surface area contributed by atoms with Gasteiger partial charge in [0.2, 0.25) is 0 Å². The van der Waals surface area contributed by atoms with Gasteiger partial charge in [-0.25, -0.2) is 0 Å². The van der Waals surface area contributed by atoms with E-state index in [0.717, 1.165) is 32.9 Å². The van der Waals surface area contributed by atoms with Crippen molar-refractivity contribution >= 4 is 32.6 Å². The van der Waals surface area contributed by atoms with Crippen molar-refractivity contribution in [3.63, 3.8) is 0 Å². The minimum Gasteiger partial charge on any atom is -0.388 e. The summed E-state index contributed by atoms with van der Waals surface area (Å²) in [6.07, 6.45) is -1.13. The monoisotopic (exact) mass is 393 g/mol. The van der Waals surface area contributed by atoms with Crippen molar-refractivity contribution in [2.24, 2.45) is 0 Å². The zero-order valence-electron chi connectivity index (χ0n) is 16.6. The first kappa shape index (κ1) is 18.5. The number of H-pyrrole nitrogens is 1. The van der Waals surface area contributed by atoms with Crippen LogP contribution in [0.1, 0.15) is 24.3 Å². The van der Waals surface area contributed by atoms with Crippen molar-refractivity contribution in [1.29, 1.82) is 0 Å². The third-order valence-electron chi connectivity index (χ3n) is 6.37. The summed E-state index contributed by atoms with van der Waals surface area (Å²) >= 11 is 0. The maximum Gasteiger partial charge on any atom is 0.291 e. The Morgan fingerprint density at radius 2 is 1.66 bits per heavy atom. The lowest BCUT2D eigenvalue weighted by molar-refractivity contribution is -0.776. The third-order valence-corrected chi connectivity index (χ3v) is 6.37. The highest BCUT2D eigenvalue weighted by atomic mass is 16.5. The van der Waals surface area contributed by atoms with Crippen LogP contribution < -0.4 is 4.57 Å². The molecule has 1 unspecified atom stereocenters. The zero-order chi connectivity index (χ0) is 20.4. The van der Waals surface area contributed by atoms with E-state index in [4.69, 9.17) is 4.74 Å². The number of pyridine rings is 1. The minimum absolute atomic E-state index is 0.583. The first-order chi connectivity index (χ1) is 13.9. The maximum atomic E-state index is 10.5. The number of ether oxygens (including phenoxy) is 1. The second-order valence-corrected chi connectivity index (χ2v) is 8.09. The van der Waals surface area contributed by atoms with Crippen molar-refractivity contribution in [2.75, 3.05) is 0 Å². The van der Waals surface area contributed by atoms with Gasteiger partial charge in [0.1, 0.15) is 12.2 Å². The summed E-state index contributed by atoms with van der Waals surface area (Å²) in [5.41, 5.74) is 4.55. The van der Waals surface area contributed by atoms with Gasteiger partial charge >= 0.3 is 0 Å². The van der Waals surface area contributed by atoms with Crippen LogP contribution in [0.2, 0.25) is 0 Å². The van der Waals surface area contributed by atoms with Gasteiger partial charge in [0, 0.05) is 27.7 Å². The Hall–Kier alpha value is -2.51. The van der Waals surface area contributed by atoms with Crippen molar-refractivity contribution in [1.82, 2.24) is 4.98 Å². The molecule has 1 fully saturated rings. The molecule has 3 heterocycles. The van der Waals surface area contributed by atoms with Crippen LogP contribution in [0.25, 0.3) is 32.6 Å². The number of nitrogens with zero attached hydrogens (tertiary/aromatic N) is 1. The fraction of sp³-hybridized carbons (Fsp3) is 0.348. The molecule has 6 nitrogen and oxygen atoms in total. The molecule has 5 atom stereocenters. The van der Waals surface area contributed by atoms with E-state index in [-0.39, 0.29) is 0 Å². The molecule has 0 saturated carbocycles. The predicted octanol–water partition coefficient (Wildman–Crippen LogP) is 2.38. The molecule has 0 spiro atoms. The molecule has 0 bridgehead atoms. The van der Waals surface area contributed by atoms with Crippen LogP contribution in [-0.4, -0.2) is 44.7 Å². The number of aryl methyl sites for hydroxylation is 2. The highest BCUT2D eigenvalue weighted by Gasteiger charge is 2.46. The topological polar surface area (TPSA) is 89.6 Å². The number of aromatic amines is 1. The van der Waals surface area contributed by atoms with E-state index in [2.05, 4.69) is 31.0 Å². The summed E-state index contributed by atoms with van der Waals surface area (Å²) in [4.78, 5) is 3.55. The van der Waals surface area contributed by atoms with E-state index in [1.807, 2.05) is 30.6 Å². The highest BCUT2D eigenvalue weighted by molar-refractivity contribution is 6.16. The van der Waals surface area contributed by atoms with E-state index in [9.17, 15) is 15.3 Å². The van der Waals surface area contributed by atoms with Crippen LogP contribution in [0.4, 0.5) is 0 Å². The Morgan fingerprint density at radius 1 is 0.897 bits per heavy atom. The fourth-order valence-corrected chi connectivity index (χ4v) is 4.65. The lowest BCUT2D eigenvalue weighted by atomic mass is 9.96. The summed E-state index contributed by atoms with van der Waals surface area (Å²) in [5.74, 6) is 0. The fourth-order valence-electron chi connectivity index (χ4n) is 4.65. The number of para-hydroxylation sites is 1. The van der Waals surface area contributed by atoms with Crippen LogP contribution in [0, 0.1) is 13.8 Å². The normalized spacial score (nSPS) is 27.9. The lowest BCUT2D eigenvalue weighted by Gasteiger charge is -2.36. The molecule has 0 radical (unpaired) electrons. The van der Waals surface area contributed by atoms with Crippen molar-refractivity contribution in [3.8, 4) is 0 Å². The van der Waals surface area contributed by atoms with E-state index < -0.39 is 30.6 Å². The van der Waals surface area contributed by atoms with Gasteiger partial charge < -0.3 is 25.0 Å². The molecule has 29 heavy (non-hydrogen) atoms. The summed E-state index contributed by atoms with van der Waals surface area (Å²) in [6, 6.07) is 10.3. The molecule has 1 aliphatic rings. The Bertz CT molecular complexity index is 1250. The number of rotatable bonds is 1. The average molecular weight is 393 g/mol. The number of nitrogens with one attached hydrogen (secondary N) is 1. The number of aliphatic hydroxyl groups is 3. The summed E-state index contributed by atoms with van der Waals surface area (Å²) in [6.45, 7) is 5.91. The molecule has 4 N–H and O–H groups in total. The van der Waals surface area contributed by atoms with Crippen LogP contribution in [-0.2, 0) is 4.74 Å². The predicted molar refractivity (Wildman–Crippen MR) is 111 cm³/mol. The summed E-state index contributed by atoms with van der Waals surface area (Å²) in [7, 11) is 0. The van der Waals surface area contributed by atoms with Gasteiger partial charge in [-0.2, -0.15) is 4.57 Å². The third kappa shape index (κ3) is 2.60. The standard InChI is InChI=1S/C23H24N2O4/c1-11-16-10-25(23-22(28)21(27)20(26)13(3)29-23)9-8-14(16)12(2)19-18(11)15-6-4-5-7-17(15)24-19/h4-10,13,20-23,26-28H,1-3H3/p+1/t13-,20-,21+,22+,23?/m0/s1. The molecule has 6 heteroatoms. The van der Waals surface area contributed by atoms with E-state index in [1.54, 1.807) is 11.5 Å². The number of hydrogen-bond acceptors (Lipinski definition) is 4. The number of aromatic nitrogens is 2. The molecule has 1 saturated heterocycles. The minimum atomic E-state index is -1.26. The van der Waals surface area contributed by atoms with Gasteiger partial charge in [-0.3, -0.25) is 0 Å². The van der Waals surface area contributed by atoms with E-state index >= 15 is 0 Å². The Morgan fingerprint density at radius 3 is 2.45 bits per heavy atom. The average Bonchev–Trinajstić information content (AvgIpc) is 3.13. The molecule has 0 aliphatic carbocycles. The number of hydrogen-bond donors (Lipinski definition) is 4. The second kappa shape index (κ2) is 6.50. The highest BCUT2D eigenvalue weighted by Crippen LogP contribution is 2.36. The molecular formula is C23H25N2O4+. The van der Waals surface area contributed by atoms with Gasteiger partial charge in [-0.15, -0.1) is 0 Å². The largest absolute Gasteiger partial charge is 0.388 e. The number of fused-ring (bicyclic) bond motifs is 4. The van der Waals surface area contributed by atoms with Crippen molar-refractivity contribution < 1.29 is 24.6 Å². The van der Waals surface area contributed by atoms with E-state index in [1.165, 1.54) is 10.8 Å². The van der Waals surface area contributed by atoms with Crippen LogP contribution in [0.3, 0.4) is 0 Å². The Balaban J connectivity index is 1.74.